The van der Waals surface area contributed by atoms with Crippen LogP contribution in [0.2, 0.25) is 0 Å². The first-order chi connectivity index (χ1) is 3.30. The third-order valence-corrected chi connectivity index (χ3v) is 1.37. The van der Waals surface area contributed by atoms with E-state index < -0.39 is 0 Å². The Kier molecular flexibility index (Phi) is 1.10. The standard InChI is InChI=1S/C3H4BrN3/c1-7-3(4)5-2-6-7/h2H,1H3. The first-order valence-corrected chi connectivity index (χ1v) is 2.59. The first kappa shape index (κ1) is 4.77. The van der Waals surface area contributed by atoms with Crippen LogP contribution in [0.5, 0.6) is 0 Å². The Morgan fingerprint density at radius 1 is 1.86 bits per heavy atom. The van der Waals surface area contributed by atoms with Crippen molar-refractivity contribution in [1.29, 1.82) is 0 Å². The maximum atomic E-state index is 3.78. The van der Waals surface area contributed by atoms with E-state index in [0.29, 0.717) is 0 Å². The SMILES string of the molecule is Cn1ncnc1Br. The normalized spacial score (nSPS) is 9.43. The lowest BCUT2D eigenvalue weighted by atomic mass is 11.2. The molecule has 0 aliphatic heterocycles. The largest absolute Gasteiger partial charge is 0.244 e. The molecule has 0 N–H and O–H groups in total. The minimum Gasteiger partial charge on any atom is -0.244 e. The third kappa shape index (κ3) is 0.796. The van der Waals surface area contributed by atoms with Gasteiger partial charge in [0.25, 0.3) is 0 Å². The predicted octanol–water partition coefficient (Wildman–Crippen LogP) is 0.578. The van der Waals surface area contributed by atoms with Gasteiger partial charge in [0.05, 0.1) is 0 Å². The van der Waals surface area contributed by atoms with Gasteiger partial charge in [0, 0.05) is 7.05 Å². The van der Waals surface area contributed by atoms with Gasteiger partial charge in [0.15, 0.2) is 4.73 Å². The lowest BCUT2D eigenvalue weighted by molar-refractivity contribution is 0.745. The van der Waals surface area contributed by atoms with E-state index in [-0.39, 0.29) is 0 Å². The van der Waals surface area contributed by atoms with Crippen molar-refractivity contribution in [1.82, 2.24) is 14.8 Å². The van der Waals surface area contributed by atoms with Crippen molar-refractivity contribution in [2.75, 3.05) is 0 Å². The van der Waals surface area contributed by atoms with Crippen molar-refractivity contribution in [3.63, 3.8) is 0 Å². The van der Waals surface area contributed by atoms with E-state index in [1.54, 1.807) is 4.68 Å². The second-order valence-electron chi connectivity index (χ2n) is 1.15. The highest BCUT2D eigenvalue weighted by molar-refractivity contribution is 9.10. The molecular weight excluding hydrogens is 158 g/mol. The summed E-state index contributed by atoms with van der Waals surface area (Å²) in [5.41, 5.74) is 0. The molecular formula is C3H4BrN3. The van der Waals surface area contributed by atoms with Gasteiger partial charge < -0.3 is 0 Å². The fraction of sp³-hybridized carbons (Fsp3) is 0.333. The Morgan fingerprint density at radius 2 is 2.57 bits per heavy atom. The molecule has 4 heteroatoms. The number of nitrogens with zero attached hydrogens (tertiary/aromatic N) is 3. The van der Waals surface area contributed by atoms with Crippen LogP contribution >= 0.6 is 15.9 Å². The molecule has 0 aliphatic rings. The van der Waals surface area contributed by atoms with Crippen molar-refractivity contribution in [3.05, 3.63) is 11.1 Å². The summed E-state index contributed by atoms with van der Waals surface area (Å²) in [6.07, 6.45) is 1.49. The fourth-order valence-corrected chi connectivity index (χ4v) is 0.465. The van der Waals surface area contributed by atoms with Crippen LogP contribution in [0.4, 0.5) is 0 Å². The minimum absolute atomic E-state index is 0.757. The molecule has 1 rings (SSSR count). The maximum absolute atomic E-state index is 3.78. The number of aromatic nitrogens is 3. The maximum Gasteiger partial charge on any atom is 0.194 e. The number of hydrogen-bond acceptors (Lipinski definition) is 2. The molecule has 1 aromatic heterocycles. The first-order valence-electron chi connectivity index (χ1n) is 1.80. The molecule has 38 valence electrons. The van der Waals surface area contributed by atoms with Gasteiger partial charge in [0.1, 0.15) is 6.33 Å². The van der Waals surface area contributed by atoms with Crippen LogP contribution < -0.4 is 0 Å². The van der Waals surface area contributed by atoms with Gasteiger partial charge in [0.2, 0.25) is 0 Å². The summed E-state index contributed by atoms with van der Waals surface area (Å²) in [7, 11) is 1.82. The Labute approximate surface area is 49.5 Å². The molecule has 0 aliphatic carbocycles. The summed E-state index contributed by atoms with van der Waals surface area (Å²) in [5, 5.41) is 3.77. The second-order valence-corrected chi connectivity index (χ2v) is 1.86. The van der Waals surface area contributed by atoms with E-state index in [4.69, 9.17) is 0 Å². The number of rotatable bonds is 0. The highest BCUT2D eigenvalue weighted by Gasteiger charge is 1.87. The highest BCUT2D eigenvalue weighted by atomic mass is 79.9. The molecule has 0 saturated carbocycles. The van der Waals surface area contributed by atoms with Crippen LogP contribution in [0.3, 0.4) is 0 Å². The van der Waals surface area contributed by atoms with E-state index in [1.807, 2.05) is 7.05 Å². The van der Waals surface area contributed by atoms with E-state index in [0.717, 1.165) is 4.73 Å². The molecule has 0 atom stereocenters. The van der Waals surface area contributed by atoms with Crippen molar-refractivity contribution in [3.8, 4) is 0 Å². The monoisotopic (exact) mass is 161 g/mol. The molecule has 0 saturated heterocycles. The summed E-state index contributed by atoms with van der Waals surface area (Å²) in [5.74, 6) is 0. The van der Waals surface area contributed by atoms with Crippen LogP contribution in [-0.4, -0.2) is 14.8 Å². The molecule has 0 spiro atoms. The average molecular weight is 162 g/mol. The summed E-state index contributed by atoms with van der Waals surface area (Å²) < 4.78 is 2.40. The van der Waals surface area contributed by atoms with Crippen molar-refractivity contribution in [2.24, 2.45) is 7.05 Å². The molecule has 0 unspecified atom stereocenters. The molecule has 0 radical (unpaired) electrons. The zero-order valence-corrected chi connectivity index (χ0v) is 5.38. The van der Waals surface area contributed by atoms with E-state index in [9.17, 15) is 0 Å². The molecule has 3 nitrogen and oxygen atoms in total. The van der Waals surface area contributed by atoms with Gasteiger partial charge >= 0.3 is 0 Å². The summed E-state index contributed by atoms with van der Waals surface area (Å²) in [6, 6.07) is 0. The van der Waals surface area contributed by atoms with Crippen molar-refractivity contribution < 1.29 is 0 Å². The smallest absolute Gasteiger partial charge is 0.194 e. The lowest BCUT2D eigenvalue weighted by Crippen LogP contribution is -1.88. The second kappa shape index (κ2) is 1.61. The predicted molar refractivity (Wildman–Crippen MR) is 28.7 cm³/mol. The molecule has 1 heterocycles. The van der Waals surface area contributed by atoms with Gasteiger partial charge in [-0.1, -0.05) is 0 Å². The van der Waals surface area contributed by atoms with Crippen molar-refractivity contribution >= 4 is 15.9 Å². The molecule has 0 aromatic carbocycles. The quantitative estimate of drug-likeness (QED) is 0.558. The van der Waals surface area contributed by atoms with E-state index >= 15 is 0 Å². The van der Waals surface area contributed by atoms with E-state index in [2.05, 4.69) is 26.0 Å². The van der Waals surface area contributed by atoms with E-state index in [1.165, 1.54) is 6.33 Å². The fourth-order valence-electron chi connectivity index (χ4n) is 0.282. The molecule has 7 heavy (non-hydrogen) atoms. The minimum atomic E-state index is 0.757. The Morgan fingerprint density at radius 3 is 2.71 bits per heavy atom. The summed E-state index contributed by atoms with van der Waals surface area (Å²) in [6.45, 7) is 0. The van der Waals surface area contributed by atoms with Crippen LogP contribution in [0, 0.1) is 0 Å². The Bertz CT molecular complexity index is 142. The van der Waals surface area contributed by atoms with Gasteiger partial charge in [-0.2, -0.15) is 5.10 Å². The van der Waals surface area contributed by atoms with Gasteiger partial charge in [-0.25, -0.2) is 9.67 Å². The third-order valence-electron chi connectivity index (χ3n) is 0.656. The number of halogens is 1. The molecule has 1 aromatic rings. The van der Waals surface area contributed by atoms with Crippen molar-refractivity contribution in [2.45, 2.75) is 0 Å². The van der Waals surface area contributed by atoms with Crippen LogP contribution in [-0.2, 0) is 7.05 Å². The average Bonchev–Trinajstić information content (AvgIpc) is 1.91. The zero-order chi connectivity index (χ0) is 5.28. The molecule has 0 fully saturated rings. The van der Waals surface area contributed by atoms with Gasteiger partial charge in [-0.05, 0) is 15.9 Å². The number of hydrogen-bond donors (Lipinski definition) is 0. The molecule has 0 bridgehead atoms. The Hall–Kier alpha value is -0.380. The lowest BCUT2D eigenvalue weighted by Gasteiger charge is -1.82. The topological polar surface area (TPSA) is 30.7 Å². The summed E-state index contributed by atoms with van der Waals surface area (Å²) >= 11 is 3.15. The molecule has 0 amide bonds. The summed E-state index contributed by atoms with van der Waals surface area (Å²) in [4.78, 5) is 3.78. The van der Waals surface area contributed by atoms with Gasteiger partial charge in [-0.3, -0.25) is 0 Å². The Balaban J connectivity index is 3.12. The number of aryl methyl sites for hydroxylation is 1. The van der Waals surface area contributed by atoms with Crippen LogP contribution in [0.25, 0.3) is 0 Å². The van der Waals surface area contributed by atoms with Crippen LogP contribution in [0.15, 0.2) is 11.1 Å². The highest BCUT2D eigenvalue weighted by Crippen LogP contribution is 1.98. The zero-order valence-electron chi connectivity index (χ0n) is 3.80. The van der Waals surface area contributed by atoms with Gasteiger partial charge in [-0.15, -0.1) is 0 Å². The van der Waals surface area contributed by atoms with Crippen LogP contribution in [0.1, 0.15) is 0 Å².